The lowest BCUT2D eigenvalue weighted by molar-refractivity contribution is 0.0701. The summed E-state index contributed by atoms with van der Waals surface area (Å²) >= 11 is 4.51. The summed E-state index contributed by atoms with van der Waals surface area (Å²) in [6.45, 7) is 2.59. The van der Waals surface area contributed by atoms with Crippen molar-refractivity contribution < 1.29 is 27.8 Å². The summed E-state index contributed by atoms with van der Waals surface area (Å²) in [7, 11) is 0. The minimum atomic E-state index is -0.686. The van der Waals surface area contributed by atoms with E-state index in [1.54, 1.807) is 4.90 Å². The van der Waals surface area contributed by atoms with Crippen molar-refractivity contribution in [2.75, 3.05) is 19.7 Å². The number of unbranched alkanes of at least 4 members (excludes halogenated alkanes) is 1. The molecule has 0 aliphatic carbocycles. The Morgan fingerprint density at radius 3 is 2.65 bits per heavy atom. The molecule has 1 fully saturated rings. The molecule has 2 unspecified atom stereocenters. The summed E-state index contributed by atoms with van der Waals surface area (Å²) in [5, 5.41) is -0.0863. The molecule has 0 N–H and O–H groups in total. The fourth-order valence-electron chi connectivity index (χ4n) is 3.81. The zero-order chi connectivity index (χ0) is 24.5. The SMILES string of the molecule is CCCCOC(=O)N1CC(S)CC1CN(Cc1cc(F)ccc1F)C(=O)OCc1ccccc1. The molecule has 2 amide bonds. The number of carbonyl (C=O) groups excluding carboxylic acids is 2. The Hall–Kier alpha value is -2.81. The Morgan fingerprint density at radius 1 is 1.15 bits per heavy atom. The van der Waals surface area contributed by atoms with Crippen LogP contribution in [-0.4, -0.2) is 53.0 Å². The molecule has 0 spiro atoms. The van der Waals surface area contributed by atoms with E-state index in [1.807, 2.05) is 37.3 Å². The molecule has 3 rings (SSSR count). The van der Waals surface area contributed by atoms with Gasteiger partial charge in [0.15, 0.2) is 0 Å². The molecule has 0 radical (unpaired) electrons. The molecular weight excluding hydrogens is 462 g/mol. The second-order valence-electron chi connectivity index (χ2n) is 8.32. The van der Waals surface area contributed by atoms with Crippen LogP contribution >= 0.6 is 12.6 Å². The highest BCUT2D eigenvalue weighted by atomic mass is 32.1. The molecule has 1 aliphatic rings. The molecule has 1 heterocycles. The van der Waals surface area contributed by atoms with Gasteiger partial charge in [-0.3, -0.25) is 0 Å². The van der Waals surface area contributed by atoms with Crippen molar-refractivity contribution in [2.24, 2.45) is 0 Å². The monoisotopic (exact) mass is 492 g/mol. The summed E-state index contributed by atoms with van der Waals surface area (Å²) in [5.41, 5.74) is 0.819. The average Bonchev–Trinajstić information content (AvgIpc) is 3.20. The summed E-state index contributed by atoms with van der Waals surface area (Å²) in [6.07, 6.45) is 1.02. The van der Waals surface area contributed by atoms with Gasteiger partial charge < -0.3 is 19.3 Å². The first-order valence-electron chi connectivity index (χ1n) is 11.4. The highest BCUT2D eigenvalue weighted by Gasteiger charge is 2.37. The van der Waals surface area contributed by atoms with E-state index in [-0.39, 0.29) is 30.5 Å². The fourth-order valence-corrected chi connectivity index (χ4v) is 4.23. The van der Waals surface area contributed by atoms with Crippen LogP contribution in [0.5, 0.6) is 0 Å². The van der Waals surface area contributed by atoms with E-state index in [2.05, 4.69) is 12.6 Å². The quantitative estimate of drug-likeness (QED) is 0.376. The van der Waals surface area contributed by atoms with Crippen LogP contribution in [0.1, 0.15) is 37.3 Å². The number of hydrogen-bond acceptors (Lipinski definition) is 5. The standard InChI is InChI=1S/C25H30F2N2O4S/c1-2-3-11-32-25(31)29-16-22(34)13-21(29)15-28(14-19-12-20(26)9-10-23(19)27)24(30)33-17-18-7-5-4-6-8-18/h4-10,12,21-22,34H,2-3,11,13-17H2,1H3. The number of hydrogen-bond donors (Lipinski definition) is 1. The zero-order valence-corrected chi connectivity index (χ0v) is 20.1. The molecule has 34 heavy (non-hydrogen) atoms. The van der Waals surface area contributed by atoms with Crippen LogP contribution in [0.4, 0.5) is 18.4 Å². The number of halogens is 2. The van der Waals surface area contributed by atoms with Gasteiger partial charge in [0.2, 0.25) is 0 Å². The van der Waals surface area contributed by atoms with E-state index < -0.39 is 29.9 Å². The maximum atomic E-state index is 14.4. The Labute approximate surface area is 204 Å². The van der Waals surface area contributed by atoms with E-state index in [0.717, 1.165) is 36.6 Å². The van der Waals surface area contributed by atoms with Gasteiger partial charge in [-0.1, -0.05) is 43.7 Å². The first-order chi connectivity index (χ1) is 16.4. The predicted octanol–water partition coefficient (Wildman–Crippen LogP) is 5.41. The van der Waals surface area contributed by atoms with E-state index in [9.17, 15) is 18.4 Å². The van der Waals surface area contributed by atoms with Crippen molar-refractivity contribution in [1.29, 1.82) is 0 Å². The van der Waals surface area contributed by atoms with Crippen molar-refractivity contribution in [3.8, 4) is 0 Å². The summed E-state index contributed by atoms with van der Waals surface area (Å²) in [4.78, 5) is 28.5. The Morgan fingerprint density at radius 2 is 1.91 bits per heavy atom. The molecule has 2 aromatic rings. The number of benzene rings is 2. The lowest BCUT2D eigenvalue weighted by atomic mass is 10.1. The maximum Gasteiger partial charge on any atom is 0.410 e. The molecule has 0 bridgehead atoms. The van der Waals surface area contributed by atoms with Crippen molar-refractivity contribution >= 4 is 24.8 Å². The minimum Gasteiger partial charge on any atom is -0.449 e. The molecule has 9 heteroatoms. The van der Waals surface area contributed by atoms with Gasteiger partial charge in [0.1, 0.15) is 18.2 Å². The highest BCUT2D eigenvalue weighted by molar-refractivity contribution is 7.81. The van der Waals surface area contributed by atoms with E-state index >= 15 is 0 Å². The van der Waals surface area contributed by atoms with Crippen molar-refractivity contribution in [3.05, 3.63) is 71.3 Å². The van der Waals surface area contributed by atoms with Gasteiger partial charge in [0.25, 0.3) is 0 Å². The van der Waals surface area contributed by atoms with E-state index in [1.165, 1.54) is 4.90 Å². The molecule has 1 saturated heterocycles. The number of rotatable bonds is 9. The van der Waals surface area contributed by atoms with Gasteiger partial charge in [0.05, 0.1) is 19.2 Å². The third-order valence-corrected chi connectivity index (χ3v) is 5.99. The number of thiol groups is 1. The lowest BCUT2D eigenvalue weighted by Crippen LogP contribution is -2.45. The van der Waals surface area contributed by atoms with Crippen LogP contribution in [-0.2, 0) is 22.6 Å². The normalized spacial score (nSPS) is 17.5. The van der Waals surface area contributed by atoms with Crippen molar-refractivity contribution in [2.45, 2.75) is 50.6 Å². The van der Waals surface area contributed by atoms with Crippen LogP contribution in [0.3, 0.4) is 0 Å². The summed E-state index contributed by atoms with van der Waals surface area (Å²) in [5.74, 6) is -1.23. The number of ether oxygens (including phenoxy) is 2. The first-order valence-corrected chi connectivity index (χ1v) is 11.9. The van der Waals surface area contributed by atoms with Crippen molar-refractivity contribution in [1.82, 2.24) is 9.80 Å². The topological polar surface area (TPSA) is 59.1 Å². The smallest absolute Gasteiger partial charge is 0.410 e. The average molecular weight is 493 g/mol. The third kappa shape index (κ3) is 7.35. The van der Waals surface area contributed by atoms with Crippen LogP contribution < -0.4 is 0 Å². The van der Waals surface area contributed by atoms with Crippen LogP contribution in [0, 0.1) is 11.6 Å². The highest BCUT2D eigenvalue weighted by Crippen LogP contribution is 2.25. The number of likely N-dealkylation sites (tertiary alicyclic amines) is 1. The Bertz CT molecular complexity index is 963. The van der Waals surface area contributed by atoms with Crippen LogP contribution in [0.25, 0.3) is 0 Å². The van der Waals surface area contributed by atoms with Gasteiger partial charge >= 0.3 is 12.2 Å². The van der Waals surface area contributed by atoms with Gasteiger partial charge in [-0.25, -0.2) is 18.4 Å². The first kappa shape index (κ1) is 25.8. The zero-order valence-electron chi connectivity index (χ0n) is 19.2. The van der Waals surface area contributed by atoms with Crippen LogP contribution in [0.2, 0.25) is 0 Å². The molecule has 2 atom stereocenters. The minimum absolute atomic E-state index is 0.0224. The molecular formula is C25H30F2N2O4S. The number of amides is 2. The van der Waals surface area contributed by atoms with Gasteiger partial charge in [-0.15, -0.1) is 0 Å². The predicted molar refractivity (Wildman–Crippen MR) is 128 cm³/mol. The summed E-state index contributed by atoms with van der Waals surface area (Å²) in [6, 6.07) is 11.9. The third-order valence-electron chi connectivity index (χ3n) is 5.61. The Balaban J connectivity index is 1.75. The van der Waals surface area contributed by atoms with Gasteiger partial charge in [-0.05, 0) is 36.6 Å². The van der Waals surface area contributed by atoms with E-state index in [0.29, 0.717) is 19.6 Å². The van der Waals surface area contributed by atoms with Crippen molar-refractivity contribution in [3.63, 3.8) is 0 Å². The molecule has 0 saturated carbocycles. The second kappa shape index (κ2) is 12.6. The fraction of sp³-hybridized carbons (Fsp3) is 0.440. The molecule has 184 valence electrons. The second-order valence-corrected chi connectivity index (χ2v) is 9.05. The molecule has 0 aromatic heterocycles. The van der Waals surface area contributed by atoms with Crippen LogP contribution in [0.15, 0.2) is 48.5 Å². The number of nitrogens with zero attached hydrogens (tertiary/aromatic N) is 2. The van der Waals surface area contributed by atoms with Gasteiger partial charge in [-0.2, -0.15) is 12.6 Å². The molecule has 2 aromatic carbocycles. The molecule has 1 aliphatic heterocycles. The molecule has 6 nitrogen and oxygen atoms in total. The maximum absolute atomic E-state index is 14.4. The van der Waals surface area contributed by atoms with Gasteiger partial charge in [0, 0.05) is 23.9 Å². The largest absolute Gasteiger partial charge is 0.449 e. The summed E-state index contributed by atoms with van der Waals surface area (Å²) < 4.78 is 38.9. The number of carbonyl (C=O) groups is 2. The van der Waals surface area contributed by atoms with E-state index in [4.69, 9.17) is 9.47 Å². The lowest BCUT2D eigenvalue weighted by Gasteiger charge is -2.30. The Kier molecular flexibility index (Phi) is 9.56.